The first kappa shape index (κ1) is 19.5. The van der Waals surface area contributed by atoms with Crippen LogP contribution in [0.2, 0.25) is 0 Å². The second-order valence-corrected chi connectivity index (χ2v) is 10.5. The molecule has 33 heavy (non-hydrogen) atoms. The van der Waals surface area contributed by atoms with Crippen LogP contribution in [0.3, 0.4) is 0 Å². The SMILES string of the molecule is Brc1cc(Br)c2c(c1)-c1ccccc1-c1ccccc1C21c2ccccc2-c2ccccc21. The van der Waals surface area contributed by atoms with Crippen molar-refractivity contribution in [2.45, 2.75) is 5.41 Å². The van der Waals surface area contributed by atoms with Crippen molar-refractivity contribution < 1.29 is 0 Å². The van der Waals surface area contributed by atoms with Crippen molar-refractivity contribution in [3.05, 3.63) is 140 Å². The normalized spacial score (nSPS) is 14.0. The third-order valence-electron chi connectivity index (χ3n) is 7.22. The molecule has 0 heterocycles. The summed E-state index contributed by atoms with van der Waals surface area (Å²) in [5.41, 5.74) is 12.6. The molecule has 2 heteroatoms. The zero-order valence-electron chi connectivity index (χ0n) is 17.6. The molecule has 5 aromatic rings. The van der Waals surface area contributed by atoms with Crippen LogP contribution in [-0.4, -0.2) is 0 Å². The largest absolute Gasteiger partial charge is 0.0736 e. The molecule has 0 unspecified atom stereocenters. The highest BCUT2D eigenvalue weighted by Crippen LogP contribution is 2.62. The third-order valence-corrected chi connectivity index (χ3v) is 8.30. The first-order valence-electron chi connectivity index (χ1n) is 11.1. The van der Waals surface area contributed by atoms with Gasteiger partial charge in [0.05, 0.1) is 5.41 Å². The van der Waals surface area contributed by atoms with Crippen molar-refractivity contribution >= 4 is 31.9 Å². The average Bonchev–Trinajstić information content (AvgIpc) is 3.08. The van der Waals surface area contributed by atoms with Gasteiger partial charge in [-0.1, -0.05) is 129 Å². The van der Waals surface area contributed by atoms with E-state index in [0.717, 1.165) is 8.95 Å². The lowest BCUT2D eigenvalue weighted by atomic mass is 9.66. The van der Waals surface area contributed by atoms with Gasteiger partial charge in [-0.15, -0.1) is 0 Å². The van der Waals surface area contributed by atoms with Gasteiger partial charge in [-0.3, -0.25) is 0 Å². The van der Waals surface area contributed by atoms with Crippen LogP contribution < -0.4 is 0 Å². The summed E-state index contributed by atoms with van der Waals surface area (Å²) in [7, 11) is 0. The maximum atomic E-state index is 4.03. The minimum Gasteiger partial charge on any atom is -0.0619 e. The quantitative estimate of drug-likeness (QED) is 0.177. The van der Waals surface area contributed by atoms with Gasteiger partial charge >= 0.3 is 0 Å². The second kappa shape index (κ2) is 7.03. The maximum absolute atomic E-state index is 4.03. The van der Waals surface area contributed by atoms with E-state index in [-0.39, 0.29) is 0 Å². The Labute approximate surface area is 210 Å². The summed E-state index contributed by atoms with van der Waals surface area (Å²) in [4.78, 5) is 0. The maximum Gasteiger partial charge on any atom is 0.0736 e. The molecule has 0 bridgehead atoms. The molecule has 0 fully saturated rings. The molecule has 2 aliphatic rings. The van der Waals surface area contributed by atoms with Gasteiger partial charge in [0.2, 0.25) is 0 Å². The average molecular weight is 550 g/mol. The Kier molecular flexibility index (Phi) is 4.16. The Morgan fingerprint density at radius 3 is 1.33 bits per heavy atom. The van der Waals surface area contributed by atoms with Crippen molar-refractivity contribution in [2.75, 3.05) is 0 Å². The zero-order valence-corrected chi connectivity index (χ0v) is 20.8. The van der Waals surface area contributed by atoms with Gasteiger partial charge in [-0.2, -0.15) is 0 Å². The van der Waals surface area contributed by atoms with Crippen molar-refractivity contribution in [1.82, 2.24) is 0 Å². The van der Waals surface area contributed by atoms with Crippen LogP contribution in [0.5, 0.6) is 0 Å². The third kappa shape index (κ3) is 2.46. The van der Waals surface area contributed by atoms with E-state index in [1.54, 1.807) is 0 Å². The molecule has 0 nitrogen and oxygen atoms in total. The van der Waals surface area contributed by atoms with Crippen molar-refractivity contribution in [2.24, 2.45) is 0 Å². The highest BCUT2D eigenvalue weighted by molar-refractivity contribution is 9.11. The summed E-state index contributed by atoms with van der Waals surface area (Å²) in [6, 6.07) is 40.1. The molecular formula is C31H18Br2. The topological polar surface area (TPSA) is 0 Å². The van der Waals surface area contributed by atoms with Gasteiger partial charge in [0.25, 0.3) is 0 Å². The minimum absolute atomic E-state index is 0.419. The molecule has 0 radical (unpaired) electrons. The smallest absolute Gasteiger partial charge is 0.0619 e. The molecule has 0 saturated heterocycles. The van der Waals surface area contributed by atoms with E-state index >= 15 is 0 Å². The number of benzene rings is 5. The second-order valence-electron chi connectivity index (χ2n) is 8.74. The predicted molar refractivity (Wildman–Crippen MR) is 144 cm³/mol. The summed E-state index contributed by atoms with van der Waals surface area (Å²) < 4.78 is 2.19. The fourth-order valence-corrected chi connectivity index (χ4v) is 7.62. The van der Waals surface area contributed by atoms with Gasteiger partial charge in [-0.05, 0) is 67.8 Å². The number of hydrogen-bond donors (Lipinski definition) is 0. The molecule has 2 aliphatic carbocycles. The zero-order chi connectivity index (χ0) is 22.2. The summed E-state index contributed by atoms with van der Waals surface area (Å²) in [5, 5.41) is 0. The number of rotatable bonds is 0. The van der Waals surface area contributed by atoms with Crippen LogP contribution in [-0.2, 0) is 5.41 Å². The molecule has 0 aliphatic heterocycles. The van der Waals surface area contributed by atoms with Crippen LogP contribution >= 0.6 is 31.9 Å². The van der Waals surface area contributed by atoms with E-state index in [4.69, 9.17) is 0 Å². The van der Waals surface area contributed by atoms with Crippen molar-refractivity contribution in [1.29, 1.82) is 0 Å². The Hall–Kier alpha value is -2.94. The molecule has 5 aromatic carbocycles. The van der Waals surface area contributed by atoms with Gasteiger partial charge in [0, 0.05) is 8.95 Å². The Balaban J connectivity index is 1.80. The highest BCUT2D eigenvalue weighted by atomic mass is 79.9. The lowest BCUT2D eigenvalue weighted by molar-refractivity contribution is 0.770. The van der Waals surface area contributed by atoms with E-state index in [1.165, 1.54) is 55.6 Å². The Morgan fingerprint density at radius 2 is 0.818 bits per heavy atom. The summed E-state index contributed by atoms with van der Waals surface area (Å²) in [5.74, 6) is 0. The van der Waals surface area contributed by atoms with Gasteiger partial charge < -0.3 is 0 Å². The van der Waals surface area contributed by atoms with E-state index < -0.39 is 5.41 Å². The molecule has 156 valence electrons. The lowest BCUT2D eigenvalue weighted by Crippen LogP contribution is -2.29. The monoisotopic (exact) mass is 548 g/mol. The minimum atomic E-state index is -0.419. The van der Waals surface area contributed by atoms with Gasteiger partial charge in [0.15, 0.2) is 0 Å². The molecule has 0 aromatic heterocycles. The summed E-state index contributed by atoms with van der Waals surface area (Å²) >= 11 is 7.81. The molecule has 0 saturated carbocycles. The standard InChI is InChI=1S/C31H18Br2/c32-19-17-25-21-10-2-1-9-20(21)22-11-3-6-14-26(22)31(30(25)29(33)18-19)27-15-7-4-12-23(27)24-13-5-8-16-28(24)31/h1-18H. The van der Waals surface area contributed by atoms with E-state index in [2.05, 4.69) is 141 Å². The molecule has 7 rings (SSSR count). The Bertz CT molecular complexity index is 1550. The number of fused-ring (bicyclic) bond motifs is 12. The van der Waals surface area contributed by atoms with Crippen LogP contribution in [0.15, 0.2) is 118 Å². The van der Waals surface area contributed by atoms with E-state index in [9.17, 15) is 0 Å². The summed E-state index contributed by atoms with van der Waals surface area (Å²) in [6.45, 7) is 0. The first-order valence-corrected chi connectivity index (χ1v) is 12.7. The lowest BCUT2D eigenvalue weighted by Gasteiger charge is -2.36. The van der Waals surface area contributed by atoms with Crippen LogP contribution in [0.25, 0.3) is 33.4 Å². The first-order chi connectivity index (χ1) is 16.2. The Morgan fingerprint density at radius 1 is 0.424 bits per heavy atom. The van der Waals surface area contributed by atoms with E-state index in [0.29, 0.717) is 0 Å². The van der Waals surface area contributed by atoms with Crippen molar-refractivity contribution in [3.8, 4) is 33.4 Å². The van der Waals surface area contributed by atoms with Crippen LogP contribution in [0, 0.1) is 0 Å². The molecule has 0 atom stereocenters. The van der Waals surface area contributed by atoms with Crippen molar-refractivity contribution in [3.63, 3.8) is 0 Å². The molecule has 0 amide bonds. The molecule has 1 spiro atoms. The van der Waals surface area contributed by atoms with E-state index in [1.807, 2.05) is 0 Å². The fraction of sp³-hybridized carbons (Fsp3) is 0.0323. The summed E-state index contributed by atoms with van der Waals surface area (Å²) in [6.07, 6.45) is 0. The number of halogens is 2. The highest BCUT2D eigenvalue weighted by Gasteiger charge is 2.50. The molecule has 0 N–H and O–H groups in total. The predicted octanol–water partition coefficient (Wildman–Crippen LogP) is 9.22. The van der Waals surface area contributed by atoms with Crippen LogP contribution in [0.4, 0.5) is 0 Å². The van der Waals surface area contributed by atoms with Crippen LogP contribution in [0.1, 0.15) is 22.3 Å². The van der Waals surface area contributed by atoms with Gasteiger partial charge in [-0.25, -0.2) is 0 Å². The number of hydrogen-bond acceptors (Lipinski definition) is 0. The fourth-order valence-electron chi connectivity index (χ4n) is 6.09. The van der Waals surface area contributed by atoms with Gasteiger partial charge in [0.1, 0.15) is 0 Å². The molecular weight excluding hydrogens is 532 g/mol.